The third-order valence-corrected chi connectivity index (χ3v) is 5.19. The van der Waals surface area contributed by atoms with Crippen LogP contribution in [0.5, 0.6) is 0 Å². The Balaban J connectivity index is 1.65. The molecule has 2 aliphatic rings. The number of amides is 3. The molecule has 2 N–H and O–H groups in total. The third kappa shape index (κ3) is 3.85. The summed E-state index contributed by atoms with van der Waals surface area (Å²) in [6, 6.07) is 3.90. The molecular weight excluding hydrogens is 403 g/mol. The van der Waals surface area contributed by atoms with Gasteiger partial charge in [-0.05, 0) is 39.3 Å². The minimum absolute atomic E-state index is 0.0374. The molecule has 0 radical (unpaired) electrons. The van der Waals surface area contributed by atoms with Crippen LogP contribution in [0.15, 0.2) is 24.4 Å². The fraction of sp³-hybridized carbons (Fsp3) is 0.429. The summed E-state index contributed by atoms with van der Waals surface area (Å²) in [4.78, 5) is 38.5. The number of benzene rings is 1. The van der Waals surface area contributed by atoms with Crippen LogP contribution in [0, 0.1) is 12.7 Å². The molecule has 3 amide bonds. The van der Waals surface area contributed by atoms with Crippen molar-refractivity contribution in [3.05, 3.63) is 41.3 Å². The van der Waals surface area contributed by atoms with Gasteiger partial charge in [0.25, 0.3) is 0 Å². The van der Waals surface area contributed by atoms with Gasteiger partial charge in [0.2, 0.25) is 5.95 Å². The van der Waals surface area contributed by atoms with E-state index in [4.69, 9.17) is 10.5 Å². The molecule has 4 rings (SSSR count). The maximum absolute atomic E-state index is 14.7. The molecule has 0 unspecified atom stereocenters. The summed E-state index contributed by atoms with van der Waals surface area (Å²) in [7, 11) is 0. The van der Waals surface area contributed by atoms with Crippen molar-refractivity contribution in [1.82, 2.24) is 14.9 Å². The predicted molar refractivity (Wildman–Crippen MR) is 113 cm³/mol. The molecule has 0 aliphatic carbocycles. The van der Waals surface area contributed by atoms with E-state index >= 15 is 0 Å². The molecular formula is C21H25FN6O3. The smallest absolute Gasteiger partial charge is 0.410 e. The van der Waals surface area contributed by atoms with E-state index in [1.54, 1.807) is 46.0 Å². The van der Waals surface area contributed by atoms with Crippen LogP contribution >= 0.6 is 0 Å². The number of hydrogen-bond donors (Lipinski definition) is 1. The van der Waals surface area contributed by atoms with Gasteiger partial charge in [0.1, 0.15) is 17.2 Å². The van der Waals surface area contributed by atoms with Gasteiger partial charge in [-0.2, -0.15) is 4.98 Å². The minimum Gasteiger partial charge on any atom is -0.444 e. The number of aryl methyl sites for hydroxylation is 1. The van der Waals surface area contributed by atoms with Crippen LogP contribution in [0.25, 0.3) is 0 Å². The number of fused-ring (bicyclic) bond motifs is 1. The highest BCUT2D eigenvalue weighted by Crippen LogP contribution is 2.36. The predicted octanol–water partition coefficient (Wildman–Crippen LogP) is 3.07. The molecule has 1 aromatic heterocycles. The van der Waals surface area contributed by atoms with Crippen LogP contribution in [0.3, 0.4) is 0 Å². The average molecular weight is 428 g/mol. The first-order valence-corrected chi connectivity index (χ1v) is 10.0. The van der Waals surface area contributed by atoms with Crippen LogP contribution in [-0.4, -0.2) is 51.7 Å². The van der Waals surface area contributed by atoms with Gasteiger partial charge >= 0.3 is 12.1 Å². The monoisotopic (exact) mass is 428 g/mol. The summed E-state index contributed by atoms with van der Waals surface area (Å²) in [6.45, 7) is 7.79. The maximum Gasteiger partial charge on any atom is 0.410 e. The van der Waals surface area contributed by atoms with E-state index in [-0.39, 0.29) is 37.3 Å². The highest BCUT2D eigenvalue weighted by atomic mass is 19.1. The average Bonchev–Trinajstić information content (AvgIpc) is 2.61. The number of hydrogen-bond acceptors (Lipinski definition) is 6. The minimum atomic E-state index is -0.615. The number of ether oxygens (including phenoxy) is 1. The third-order valence-electron chi connectivity index (χ3n) is 5.19. The van der Waals surface area contributed by atoms with Crippen LogP contribution < -0.4 is 15.5 Å². The van der Waals surface area contributed by atoms with E-state index in [9.17, 15) is 14.0 Å². The lowest BCUT2D eigenvalue weighted by Crippen LogP contribution is -2.66. The van der Waals surface area contributed by atoms with Crippen molar-refractivity contribution in [2.75, 3.05) is 28.6 Å². The lowest BCUT2D eigenvalue weighted by atomic mass is 10.0. The van der Waals surface area contributed by atoms with E-state index in [2.05, 4.69) is 9.97 Å². The highest BCUT2D eigenvalue weighted by molar-refractivity contribution is 6.06. The number of urea groups is 1. The zero-order valence-electron chi connectivity index (χ0n) is 17.9. The van der Waals surface area contributed by atoms with Crippen LogP contribution in [0.2, 0.25) is 0 Å². The first-order chi connectivity index (χ1) is 14.5. The lowest BCUT2D eigenvalue weighted by Gasteiger charge is -2.48. The standard InChI is InChI=1S/C21H25FN6O3/c1-12-6-5-7-15(22)16(12)27-9-13-8-24-18(23)25-17(13)28(19(27)29)14-10-26(11-14)20(30)31-21(2,3)4/h5-8,14H,9-11H2,1-4H3,(H2,23,24,25). The first-order valence-electron chi connectivity index (χ1n) is 10.0. The molecule has 2 aliphatic heterocycles. The summed E-state index contributed by atoms with van der Waals surface area (Å²) in [5, 5.41) is 0. The summed E-state index contributed by atoms with van der Waals surface area (Å²) in [6.07, 6.45) is 1.10. The van der Waals surface area contributed by atoms with Crippen molar-refractivity contribution in [2.24, 2.45) is 0 Å². The van der Waals surface area contributed by atoms with Gasteiger partial charge in [-0.1, -0.05) is 12.1 Å². The van der Waals surface area contributed by atoms with Crippen LogP contribution in [-0.2, 0) is 11.3 Å². The zero-order chi connectivity index (χ0) is 22.5. The van der Waals surface area contributed by atoms with E-state index in [0.717, 1.165) is 0 Å². The highest BCUT2D eigenvalue weighted by Gasteiger charge is 2.45. The fourth-order valence-corrected chi connectivity index (χ4v) is 3.75. The number of rotatable bonds is 2. The van der Waals surface area contributed by atoms with E-state index in [0.29, 0.717) is 16.9 Å². The molecule has 31 heavy (non-hydrogen) atoms. The number of likely N-dealkylation sites (tertiary alicyclic amines) is 1. The van der Waals surface area contributed by atoms with Crippen molar-refractivity contribution >= 4 is 29.6 Å². The first kappa shape index (κ1) is 20.8. The normalized spacial score (nSPS) is 16.8. The number of anilines is 3. The number of carbonyl (C=O) groups is 2. The molecule has 164 valence electrons. The van der Waals surface area contributed by atoms with E-state index < -0.39 is 23.5 Å². The maximum atomic E-state index is 14.7. The van der Waals surface area contributed by atoms with Crippen molar-refractivity contribution < 1.29 is 18.7 Å². The second kappa shape index (κ2) is 7.36. The molecule has 1 saturated heterocycles. The Hall–Kier alpha value is -3.43. The summed E-state index contributed by atoms with van der Waals surface area (Å²) < 4.78 is 20.1. The molecule has 2 aromatic rings. The Bertz CT molecular complexity index is 1030. The number of aromatic nitrogens is 2. The fourth-order valence-electron chi connectivity index (χ4n) is 3.75. The van der Waals surface area contributed by atoms with Crippen molar-refractivity contribution in [1.29, 1.82) is 0 Å². The number of carbonyl (C=O) groups excluding carboxylic acids is 2. The van der Waals surface area contributed by atoms with Crippen LogP contribution in [0.1, 0.15) is 31.9 Å². The Labute approximate surface area is 179 Å². The zero-order valence-corrected chi connectivity index (χ0v) is 17.9. The second-order valence-corrected chi connectivity index (χ2v) is 8.76. The quantitative estimate of drug-likeness (QED) is 0.788. The molecule has 0 spiro atoms. The summed E-state index contributed by atoms with van der Waals surface area (Å²) >= 11 is 0. The topological polar surface area (TPSA) is 105 Å². The molecule has 1 aromatic carbocycles. The number of nitrogens with two attached hydrogens (primary N) is 1. The van der Waals surface area contributed by atoms with Gasteiger partial charge in [0.05, 0.1) is 18.3 Å². The molecule has 1 fully saturated rings. The number of halogens is 1. The molecule has 0 bridgehead atoms. The number of para-hydroxylation sites is 1. The molecule has 3 heterocycles. The Morgan fingerprint density at radius 1 is 1.29 bits per heavy atom. The lowest BCUT2D eigenvalue weighted by molar-refractivity contribution is 0.00857. The van der Waals surface area contributed by atoms with Crippen LogP contribution in [0.4, 0.5) is 31.4 Å². The van der Waals surface area contributed by atoms with E-state index in [1.807, 2.05) is 0 Å². The Kier molecular flexibility index (Phi) is 4.95. The molecule has 10 heteroatoms. The SMILES string of the molecule is Cc1cccc(F)c1N1Cc2cnc(N)nc2N(C2CN(C(=O)OC(C)(C)C)C2)C1=O. The number of nitrogens with zero attached hydrogens (tertiary/aromatic N) is 5. The summed E-state index contributed by atoms with van der Waals surface area (Å²) in [5.74, 6) is -0.0657. The van der Waals surface area contributed by atoms with Gasteiger partial charge in [-0.15, -0.1) is 0 Å². The molecule has 9 nitrogen and oxygen atoms in total. The van der Waals surface area contributed by atoms with Crippen molar-refractivity contribution in [3.63, 3.8) is 0 Å². The molecule has 0 saturated carbocycles. The second-order valence-electron chi connectivity index (χ2n) is 8.76. The van der Waals surface area contributed by atoms with Gasteiger partial charge in [-0.3, -0.25) is 9.80 Å². The van der Waals surface area contributed by atoms with Gasteiger partial charge in [0, 0.05) is 24.8 Å². The van der Waals surface area contributed by atoms with Gasteiger partial charge < -0.3 is 15.4 Å². The van der Waals surface area contributed by atoms with Gasteiger partial charge in [-0.25, -0.2) is 19.0 Å². The Morgan fingerprint density at radius 2 is 2.00 bits per heavy atom. The molecule has 0 atom stereocenters. The van der Waals surface area contributed by atoms with Crippen molar-refractivity contribution in [2.45, 2.75) is 45.9 Å². The largest absolute Gasteiger partial charge is 0.444 e. The van der Waals surface area contributed by atoms with E-state index in [1.165, 1.54) is 20.8 Å². The van der Waals surface area contributed by atoms with Crippen molar-refractivity contribution in [3.8, 4) is 0 Å². The van der Waals surface area contributed by atoms with Gasteiger partial charge in [0.15, 0.2) is 0 Å². The Morgan fingerprint density at radius 3 is 2.65 bits per heavy atom. The summed E-state index contributed by atoms with van der Waals surface area (Å²) in [5.41, 5.74) is 6.65. The number of nitrogen functional groups attached to an aromatic ring is 1.